The first-order valence-corrected chi connectivity index (χ1v) is 8.42. The lowest BCUT2D eigenvalue weighted by atomic mass is 9.95. The Labute approximate surface area is 156 Å². The molecule has 7 nitrogen and oxygen atoms in total. The SMILES string of the molecule is COc1ccc([C@H]2c3c(-c4ccccc4O)n[nH]c3C(=O)N2C)cc1OC. The fourth-order valence-electron chi connectivity index (χ4n) is 3.56. The number of carbonyl (C=O) groups is 1. The van der Waals surface area contributed by atoms with Crippen molar-refractivity contribution in [3.05, 3.63) is 59.3 Å². The van der Waals surface area contributed by atoms with Crippen molar-refractivity contribution >= 4 is 5.91 Å². The van der Waals surface area contributed by atoms with Gasteiger partial charge in [0.1, 0.15) is 17.1 Å². The lowest BCUT2D eigenvalue weighted by Gasteiger charge is -2.23. The number of phenols is 1. The molecule has 3 aromatic rings. The fraction of sp³-hybridized carbons (Fsp3) is 0.200. The van der Waals surface area contributed by atoms with Crippen LogP contribution in [-0.2, 0) is 0 Å². The van der Waals surface area contributed by atoms with E-state index >= 15 is 0 Å². The Kier molecular flexibility index (Phi) is 3.99. The summed E-state index contributed by atoms with van der Waals surface area (Å²) in [6.45, 7) is 0. The van der Waals surface area contributed by atoms with Crippen LogP contribution in [0.1, 0.15) is 27.7 Å². The summed E-state index contributed by atoms with van der Waals surface area (Å²) in [7, 11) is 4.89. The second-order valence-corrected chi connectivity index (χ2v) is 6.31. The smallest absolute Gasteiger partial charge is 0.272 e. The lowest BCUT2D eigenvalue weighted by molar-refractivity contribution is 0.0787. The number of nitrogens with zero attached hydrogens (tertiary/aromatic N) is 2. The molecule has 1 aliphatic rings. The number of para-hydroxylation sites is 1. The molecule has 0 spiro atoms. The van der Waals surface area contributed by atoms with Crippen molar-refractivity contribution in [1.29, 1.82) is 0 Å². The van der Waals surface area contributed by atoms with E-state index in [1.165, 1.54) is 0 Å². The molecule has 2 N–H and O–H groups in total. The second kappa shape index (κ2) is 6.35. The number of methoxy groups -OCH3 is 2. The van der Waals surface area contributed by atoms with Gasteiger partial charge in [0.25, 0.3) is 5.91 Å². The molecule has 0 aliphatic carbocycles. The number of amides is 1. The van der Waals surface area contributed by atoms with Crippen molar-refractivity contribution in [1.82, 2.24) is 15.1 Å². The number of aromatic nitrogens is 2. The first kappa shape index (κ1) is 17.0. The van der Waals surface area contributed by atoms with Gasteiger partial charge < -0.3 is 19.5 Å². The van der Waals surface area contributed by atoms with Crippen LogP contribution in [-0.4, -0.2) is 47.4 Å². The van der Waals surface area contributed by atoms with Crippen LogP contribution < -0.4 is 9.47 Å². The third kappa shape index (κ3) is 2.51. The predicted octanol–water partition coefficient (Wildman–Crippen LogP) is 2.97. The molecule has 1 amide bonds. The first-order valence-electron chi connectivity index (χ1n) is 8.42. The minimum absolute atomic E-state index is 0.111. The molecule has 2 heterocycles. The van der Waals surface area contributed by atoms with E-state index in [0.717, 1.165) is 11.1 Å². The summed E-state index contributed by atoms with van der Waals surface area (Å²) in [5.74, 6) is 1.15. The van der Waals surface area contributed by atoms with E-state index in [4.69, 9.17) is 9.47 Å². The molecule has 4 rings (SSSR count). The summed E-state index contributed by atoms with van der Waals surface area (Å²) < 4.78 is 10.7. The number of aromatic hydroxyl groups is 1. The number of phenolic OH excluding ortho intramolecular Hbond substituents is 1. The Hall–Kier alpha value is -3.48. The number of H-pyrrole nitrogens is 1. The van der Waals surface area contributed by atoms with Gasteiger partial charge in [-0.25, -0.2) is 0 Å². The summed E-state index contributed by atoms with van der Waals surface area (Å²) in [5, 5.41) is 17.4. The normalized spacial score (nSPS) is 15.7. The Balaban J connectivity index is 1.90. The van der Waals surface area contributed by atoms with Crippen LogP contribution in [0, 0.1) is 0 Å². The van der Waals surface area contributed by atoms with Gasteiger partial charge in [0.2, 0.25) is 0 Å². The molecule has 0 saturated heterocycles. The molecule has 1 atom stereocenters. The Bertz CT molecular complexity index is 1030. The van der Waals surface area contributed by atoms with E-state index in [-0.39, 0.29) is 17.7 Å². The molecule has 0 bridgehead atoms. The minimum Gasteiger partial charge on any atom is -0.507 e. The topological polar surface area (TPSA) is 87.7 Å². The zero-order valence-corrected chi connectivity index (χ0v) is 15.2. The largest absolute Gasteiger partial charge is 0.507 e. The standard InChI is InChI=1S/C20H19N3O4/c1-23-19(11-8-9-14(26-2)15(10-11)27-3)16-17(21-22-18(16)20(23)25)12-6-4-5-7-13(12)24/h4-10,19,24H,1-3H3,(H,21,22)/t19-/m0/s1. The summed E-state index contributed by atoms with van der Waals surface area (Å²) >= 11 is 0. The zero-order valence-electron chi connectivity index (χ0n) is 15.2. The van der Waals surface area contributed by atoms with Gasteiger partial charge >= 0.3 is 0 Å². The lowest BCUT2D eigenvalue weighted by Crippen LogP contribution is -2.24. The number of hydrogen-bond donors (Lipinski definition) is 2. The maximum atomic E-state index is 12.7. The van der Waals surface area contributed by atoms with Crippen molar-refractivity contribution in [2.45, 2.75) is 6.04 Å². The molecule has 138 valence electrons. The Morgan fingerprint density at radius 3 is 2.56 bits per heavy atom. The van der Waals surface area contributed by atoms with Crippen molar-refractivity contribution in [2.75, 3.05) is 21.3 Å². The van der Waals surface area contributed by atoms with Crippen molar-refractivity contribution in [3.8, 4) is 28.5 Å². The first-order chi connectivity index (χ1) is 13.1. The van der Waals surface area contributed by atoms with E-state index in [2.05, 4.69) is 10.2 Å². The van der Waals surface area contributed by atoms with Crippen LogP contribution in [0.5, 0.6) is 17.2 Å². The highest BCUT2D eigenvalue weighted by Crippen LogP contribution is 2.44. The number of carbonyl (C=O) groups excluding carboxylic acids is 1. The van der Waals surface area contributed by atoms with Crippen LogP contribution in [0.15, 0.2) is 42.5 Å². The molecule has 7 heteroatoms. The van der Waals surface area contributed by atoms with Crippen molar-refractivity contribution < 1.29 is 19.4 Å². The van der Waals surface area contributed by atoms with Crippen molar-refractivity contribution in [3.63, 3.8) is 0 Å². The molecule has 0 saturated carbocycles. The van der Waals surface area contributed by atoms with Gasteiger partial charge in [-0.05, 0) is 29.8 Å². The van der Waals surface area contributed by atoms with Gasteiger partial charge in [-0.3, -0.25) is 9.89 Å². The predicted molar refractivity (Wildman–Crippen MR) is 99.2 cm³/mol. The van der Waals surface area contributed by atoms with E-state index in [0.29, 0.717) is 28.5 Å². The average molecular weight is 365 g/mol. The molecule has 1 aliphatic heterocycles. The van der Waals surface area contributed by atoms with Crippen LogP contribution >= 0.6 is 0 Å². The maximum Gasteiger partial charge on any atom is 0.272 e. The number of aromatic amines is 1. The highest BCUT2D eigenvalue weighted by Gasteiger charge is 2.40. The van der Waals surface area contributed by atoms with Gasteiger partial charge in [-0.1, -0.05) is 18.2 Å². The number of fused-ring (bicyclic) bond motifs is 1. The number of benzene rings is 2. The molecular weight excluding hydrogens is 346 g/mol. The Morgan fingerprint density at radius 2 is 1.85 bits per heavy atom. The fourth-order valence-corrected chi connectivity index (χ4v) is 3.56. The van der Waals surface area contributed by atoms with E-state index in [1.807, 2.05) is 24.3 Å². The number of rotatable bonds is 4. The molecule has 27 heavy (non-hydrogen) atoms. The van der Waals surface area contributed by atoms with Crippen LogP contribution in [0.2, 0.25) is 0 Å². The average Bonchev–Trinajstić information content (AvgIpc) is 3.21. The number of nitrogens with one attached hydrogen (secondary N) is 1. The molecule has 0 radical (unpaired) electrons. The zero-order chi connectivity index (χ0) is 19.1. The number of ether oxygens (including phenoxy) is 2. The highest BCUT2D eigenvalue weighted by molar-refractivity contribution is 6.00. The molecule has 1 aromatic heterocycles. The second-order valence-electron chi connectivity index (χ2n) is 6.31. The van der Waals surface area contributed by atoms with E-state index in [1.54, 1.807) is 44.4 Å². The van der Waals surface area contributed by atoms with Gasteiger partial charge in [0.15, 0.2) is 11.5 Å². The van der Waals surface area contributed by atoms with Gasteiger partial charge in [0.05, 0.1) is 20.3 Å². The molecule has 0 fully saturated rings. The summed E-state index contributed by atoms with van der Waals surface area (Å²) in [4.78, 5) is 14.4. The van der Waals surface area contributed by atoms with Gasteiger partial charge in [0, 0.05) is 18.2 Å². The van der Waals surface area contributed by atoms with Gasteiger partial charge in [-0.2, -0.15) is 5.10 Å². The molecular formula is C20H19N3O4. The summed E-state index contributed by atoms with van der Waals surface area (Å²) in [6.07, 6.45) is 0. The third-order valence-corrected chi connectivity index (χ3v) is 4.88. The van der Waals surface area contributed by atoms with Crippen LogP contribution in [0.25, 0.3) is 11.3 Å². The van der Waals surface area contributed by atoms with E-state index in [9.17, 15) is 9.90 Å². The molecule has 0 unspecified atom stereocenters. The quantitative estimate of drug-likeness (QED) is 0.742. The number of hydrogen-bond acceptors (Lipinski definition) is 5. The van der Waals surface area contributed by atoms with Gasteiger partial charge in [-0.15, -0.1) is 0 Å². The monoisotopic (exact) mass is 365 g/mol. The summed E-state index contributed by atoms with van der Waals surface area (Å²) in [5.41, 5.74) is 3.15. The minimum atomic E-state index is -0.360. The third-order valence-electron chi connectivity index (χ3n) is 4.88. The highest BCUT2D eigenvalue weighted by atomic mass is 16.5. The van der Waals surface area contributed by atoms with Crippen LogP contribution in [0.3, 0.4) is 0 Å². The van der Waals surface area contributed by atoms with E-state index < -0.39 is 0 Å². The Morgan fingerprint density at radius 1 is 1.11 bits per heavy atom. The van der Waals surface area contributed by atoms with Crippen molar-refractivity contribution in [2.24, 2.45) is 0 Å². The summed E-state index contributed by atoms with van der Waals surface area (Å²) in [6, 6.07) is 12.1. The van der Waals surface area contributed by atoms with Crippen LogP contribution in [0.4, 0.5) is 0 Å². The maximum absolute atomic E-state index is 12.7. The molecule has 2 aromatic carbocycles.